The Balaban J connectivity index is 2.26. The van der Waals surface area contributed by atoms with E-state index in [0.717, 1.165) is 5.69 Å². The van der Waals surface area contributed by atoms with Crippen LogP contribution in [0.1, 0.15) is 21.7 Å². The van der Waals surface area contributed by atoms with Gasteiger partial charge in [-0.1, -0.05) is 24.4 Å². The number of carbonyl (C=O) groups is 1. The maximum absolute atomic E-state index is 12.6. The highest BCUT2D eigenvalue weighted by molar-refractivity contribution is 7.80. The molecule has 2 aromatic rings. The van der Waals surface area contributed by atoms with Crippen molar-refractivity contribution in [3.63, 3.8) is 0 Å². The van der Waals surface area contributed by atoms with Crippen molar-refractivity contribution in [2.75, 3.05) is 7.05 Å². The predicted molar refractivity (Wildman–Crippen MR) is 75.3 cm³/mol. The molecule has 0 unspecified atom stereocenters. The molecule has 3 rings (SSSR count). The van der Waals surface area contributed by atoms with Crippen LogP contribution in [0.25, 0.3) is 5.69 Å². The summed E-state index contributed by atoms with van der Waals surface area (Å²) in [6, 6.07) is 7.23. The van der Waals surface area contributed by atoms with E-state index in [2.05, 4.69) is 4.98 Å². The number of nitrogens with one attached hydrogen (secondary N) is 1. The molecule has 102 valence electrons. The number of hydrogen-bond donors (Lipinski definition) is 1. The van der Waals surface area contributed by atoms with Crippen LogP contribution in [0.3, 0.4) is 0 Å². The molecule has 1 aromatic heterocycles. The first-order valence-electron chi connectivity index (χ1n) is 5.95. The van der Waals surface area contributed by atoms with E-state index < -0.39 is 0 Å². The summed E-state index contributed by atoms with van der Waals surface area (Å²) in [5.74, 6) is -0.0885. The first kappa shape index (κ1) is 12.7. The largest absolute Gasteiger partial charge is 0.336 e. The number of carbonyl (C=O) groups excluding carboxylic acids is 1. The zero-order chi connectivity index (χ0) is 14.3. The summed E-state index contributed by atoms with van der Waals surface area (Å²) in [5.41, 5.74) is 3.77. The Labute approximate surface area is 120 Å². The van der Waals surface area contributed by atoms with E-state index in [1.165, 1.54) is 5.54 Å². The first-order chi connectivity index (χ1) is 9.63. The average Bonchev–Trinajstić information content (AvgIpc) is 2.85. The van der Waals surface area contributed by atoms with E-state index in [4.69, 9.17) is 12.2 Å². The van der Waals surface area contributed by atoms with E-state index >= 15 is 0 Å². The summed E-state index contributed by atoms with van der Waals surface area (Å²) in [6.07, 6.45) is 1.56. The van der Waals surface area contributed by atoms with E-state index in [9.17, 15) is 9.28 Å². The van der Waals surface area contributed by atoms with Crippen molar-refractivity contribution in [2.45, 2.75) is 6.54 Å². The second-order valence-electron chi connectivity index (χ2n) is 4.51. The molecule has 1 N–H and O–H groups in total. The number of nitrogens with zero attached hydrogens (tertiary/aromatic N) is 3. The monoisotopic (exact) mass is 290 g/mol. The van der Waals surface area contributed by atoms with Gasteiger partial charge in [0.15, 0.2) is 4.99 Å². The van der Waals surface area contributed by atoms with Crippen LogP contribution in [0.2, 0.25) is 0 Å². The van der Waals surface area contributed by atoms with E-state index in [1.54, 1.807) is 35.0 Å². The molecule has 0 fully saturated rings. The summed E-state index contributed by atoms with van der Waals surface area (Å²) < 4.78 is 14.3. The van der Waals surface area contributed by atoms with E-state index in [-0.39, 0.29) is 10.9 Å². The number of fused-ring (bicyclic) bond motifs is 3. The number of para-hydroxylation sites is 1. The molecule has 1 amide bonds. The second kappa shape index (κ2) is 4.68. The van der Waals surface area contributed by atoms with Crippen LogP contribution in [0, 0.1) is 0 Å². The number of thiocarbonyl (C=S) groups is 1. The molecule has 0 bridgehead atoms. The van der Waals surface area contributed by atoms with Crippen LogP contribution in [0.15, 0.2) is 30.6 Å². The van der Waals surface area contributed by atoms with Crippen molar-refractivity contribution in [1.29, 1.82) is 0 Å². The van der Waals surface area contributed by atoms with Crippen molar-refractivity contribution >= 4 is 23.1 Å². The van der Waals surface area contributed by atoms with Crippen LogP contribution in [0.4, 0.5) is 4.48 Å². The van der Waals surface area contributed by atoms with Gasteiger partial charge in [-0.05, 0) is 12.1 Å². The third kappa shape index (κ3) is 1.78. The van der Waals surface area contributed by atoms with Crippen LogP contribution in [-0.2, 0) is 6.54 Å². The molecule has 0 saturated carbocycles. The SMILES string of the molecule is CN1Cc2c(C(=S)NF)ncn2-c2ccccc2C1=O. The molecule has 0 radical (unpaired) electrons. The molecule has 20 heavy (non-hydrogen) atoms. The number of halogens is 1. The van der Waals surface area contributed by atoms with Crippen LogP contribution in [0.5, 0.6) is 0 Å². The fraction of sp³-hybridized carbons (Fsp3) is 0.154. The third-order valence-corrected chi connectivity index (χ3v) is 3.57. The quantitative estimate of drug-likeness (QED) is 0.640. The van der Waals surface area contributed by atoms with Crippen LogP contribution in [-0.4, -0.2) is 32.4 Å². The van der Waals surface area contributed by atoms with Gasteiger partial charge in [0.25, 0.3) is 5.91 Å². The molecule has 2 heterocycles. The van der Waals surface area contributed by atoms with Crippen LogP contribution >= 0.6 is 12.2 Å². The lowest BCUT2D eigenvalue weighted by molar-refractivity contribution is 0.0788. The Kier molecular flexibility index (Phi) is 2.98. The third-order valence-electron chi connectivity index (χ3n) is 3.29. The van der Waals surface area contributed by atoms with Gasteiger partial charge in [0.05, 0.1) is 23.5 Å². The fourth-order valence-corrected chi connectivity index (χ4v) is 2.50. The highest BCUT2D eigenvalue weighted by Gasteiger charge is 2.26. The van der Waals surface area contributed by atoms with E-state index in [0.29, 0.717) is 23.5 Å². The molecular weight excluding hydrogens is 279 g/mol. The summed E-state index contributed by atoms with van der Waals surface area (Å²) in [6.45, 7) is 0.310. The number of amides is 1. The smallest absolute Gasteiger partial charge is 0.256 e. The minimum atomic E-state index is -0.0885. The molecule has 1 aromatic carbocycles. The Morgan fingerprint density at radius 1 is 1.45 bits per heavy atom. The van der Waals surface area contributed by atoms with Crippen molar-refractivity contribution in [2.24, 2.45) is 0 Å². The Bertz CT molecular complexity index is 712. The van der Waals surface area contributed by atoms with Gasteiger partial charge in [-0.25, -0.2) is 10.5 Å². The number of hydrogen-bond acceptors (Lipinski definition) is 3. The number of imidazole rings is 1. The summed E-state index contributed by atoms with van der Waals surface area (Å²) in [5, 5.41) is 0. The highest BCUT2D eigenvalue weighted by atomic mass is 32.1. The molecule has 0 saturated heterocycles. The molecule has 5 nitrogen and oxygen atoms in total. The standard InChI is InChI=1S/C13H11FN4OS/c1-17-6-10-11(12(20)16-14)15-7-18(10)9-5-3-2-4-8(9)13(17)19/h2-5,7H,6H2,1H3,(H,16,20). The maximum atomic E-state index is 12.6. The average molecular weight is 290 g/mol. The minimum Gasteiger partial charge on any atom is -0.336 e. The topological polar surface area (TPSA) is 50.2 Å². The normalized spacial score (nSPS) is 13.5. The second-order valence-corrected chi connectivity index (χ2v) is 4.92. The lowest BCUT2D eigenvalue weighted by Crippen LogP contribution is -2.26. The fourth-order valence-electron chi connectivity index (χ4n) is 2.33. The van der Waals surface area contributed by atoms with Crippen molar-refractivity contribution in [3.8, 4) is 5.69 Å². The number of benzene rings is 1. The van der Waals surface area contributed by atoms with Gasteiger partial charge in [0, 0.05) is 7.05 Å². The number of rotatable bonds is 1. The maximum Gasteiger partial charge on any atom is 0.256 e. The van der Waals surface area contributed by atoms with Gasteiger partial charge in [-0.2, -0.15) is 0 Å². The lowest BCUT2D eigenvalue weighted by Gasteiger charge is -2.14. The molecule has 1 aliphatic rings. The number of aromatic nitrogens is 2. The molecular formula is C13H11FN4OS. The molecule has 0 atom stereocenters. The van der Waals surface area contributed by atoms with Gasteiger partial charge in [0.2, 0.25) is 0 Å². The van der Waals surface area contributed by atoms with Gasteiger partial charge in [-0.3, -0.25) is 9.36 Å². The van der Waals surface area contributed by atoms with Crippen molar-refractivity contribution in [3.05, 3.63) is 47.5 Å². The van der Waals surface area contributed by atoms with Gasteiger partial charge < -0.3 is 4.90 Å². The predicted octanol–water partition coefficient (Wildman–Crippen LogP) is 1.61. The zero-order valence-electron chi connectivity index (χ0n) is 10.6. The van der Waals surface area contributed by atoms with E-state index in [1.807, 2.05) is 12.1 Å². The van der Waals surface area contributed by atoms with Gasteiger partial charge >= 0.3 is 0 Å². The Hall–Kier alpha value is -2.28. The summed E-state index contributed by atoms with van der Waals surface area (Å²) in [4.78, 5) is 17.9. The zero-order valence-corrected chi connectivity index (χ0v) is 11.4. The Morgan fingerprint density at radius 3 is 2.95 bits per heavy atom. The highest BCUT2D eigenvalue weighted by Crippen LogP contribution is 2.25. The molecule has 1 aliphatic heterocycles. The lowest BCUT2D eigenvalue weighted by atomic mass is 10.1. The van der Waals surface area contributed by atoms with Gasteiger partial charge in [-0.15, -0.1) is 4.48 Å². The van der Waals surface area contributed by atoms with Crippen molar-refractivity contribution in [1.82, 2.24) is 20.0 Å². The van der Waals surface area contributed by atoms with Gasteiger partial charge in [0.1, 0.15) is 12.0 Å². The van der Waals surface area contributed by atoms with Crippen molar-refractivity contribution < 1.29 is 9.28 Å². The molecule has 0 spiro atoms. The van der Waals surface area contributed by atoms with Crippen LogP contribution < -0.4 is 5.54 Å². The summed E-state index contributed by atoms with van der Waals surface area (Å²) in [7, 11) is 1.69. The minimum absolute atomic E-state index is 0.0843. The summed E-state index contributed by atoms with van der Waals surface area (Å²) >= 11 is 4.91. The molecule has 7 heteroatoms. The first-order valence-corrected chi connectivity index (χ1v) is 6.36. The Morgan fingerprint density at radius 2 is 2.20 bits per heavy atom. The molecule has 0 aliphatic carbocycles.